The Morgan fingerprint density at radius 2 is 1.48 bits per heavy atom. The van der Waals surface area contributed by atoms with Gasteiger partial charge < -0.3 is 14.4 Å². The monoisotopic (exact) mass is 795 g/mol. The first-order chi connectivity index (χ1) is 21.7. The first-order valence-corrected chi connectivity index (χ1v) is 19.1. The minimum Gasteiger partial charge on any atom is -0.500 e. The fourth-order valence-corrected chi connectivity index (χ4v) is 6.48. The zero-order chi connectivity index (χ0) is 31.4. The molecule has 0 spiro atoms. The van der Waals surface area contributed by atoms with E-state index < -0.39 is 8.07 Å². The van der Waals surface area contributed by atoms with E-state index in [1.54, 1.807) is 0 Å². The number of nitrogens with zero attached hydrogens (tertiary/aromatic N) is 2. The molecule has 3 nitrogen and oxygen atoms in total. The Hall–Kier alpha value is -4.15. The summed E-state index contributed by atoms with van der Waals surface area (Å²) in [5.74, 6) is 0.617. The van der Waals surface area contributed by atoms with Crippen molar-refractivity contribution in [2.75, 3.05) is 0 Å². The Kier molecular flexibility index (Phi) is 10.5. The van der Waals surface area contributed by atoms with Gasteiger partial charge in [0.1, 0.15) is 5.58 Å². The van der Waals surface area contributed by atoms with E-state index in [4.69, 9.17) is 4.42 Å². The van der Waals surface area contributed by atoms with Crippen molar-refractivity contribution >= 4 is 35.2 Å². The molecule has 3 aromatic heterocycles. The van der Waals surface area contributed by atoms with Gasteiger partial charge in [0.05, 0.1) is 13.7 Å². The zero-order valence-electron chi connectivity index (χ0n) is 27.0. The summed E-state index contributed by atoms with van der Waals surface area (Å²) >= 11 is 0. The van der Waals surface area contributed by atoms with Crippen LogP contribution in [-0.4, -0.2) is 18.0 Å². The van der Waals surface area contributed by atoms with Gasteiger partial charge in [-0.3, -0.25) is 0 Å². The van der Waals surface area contributed by atoms with Crippen molar-refractivity contribution in [2.45, 2.75) is 39.9 Å². The Bertz CT molecular complexity index is 2030. The molecule has 0 fully saturated rings. The van der Waals surface area contributed by atoms with E-state index in [-0.39, 0.29) is 20.1 Å². The van der Waals surface area contributed by atoms with Gasteiger partial charge in [-0.25, -0.2) is 0 Å². The van der Waals surface area contributed by atoms with Crippen LogP contribution in [0.4, 0.5) is 0 Å². The summed E-state index contributed by atoms with van der Waals surface area (Å²) in [6.07, 6.45) is 4.96. The fraction of sp³-hybridized carbons (Fsp3) is 0.171. The number of furan rings is 1. The summed E-state index contributed by atoms with van der Waals surface area (Å²) < 4.78 is 6.06. The van der Waals surface area contributed by atoms with Crippen LogP contribution in [-0.2, 0) is 26.5 Å². The van der Waals surface area contributed by atoms with Crippen molar-refractivity contribution in [3.63, 3.8) is 0 Å². The van der Waals surface area contributed by atoms with Crippen LogP contribution in [0.1, 0.15) is 19.4 Å². The molecule has 233 valence electrons. The van der Waals surface area contributed by atoms with Crippen LogP contribution in [0.25, 0.3) is 55.6 Å². The van der Waals surface area contributed by atoms with Gasteiger partial charge in [-0.1, -0.05) is 99.0 Å². The Morgan fingerprint density at radius 1 is 0.696 bits per heavy atom. The average Bonchev–Trinajstić information content (AvgIpc) is 3.43. The van der Waals surface area contributed by atoms with Gasteiger partial charge in [0, 0.05) is 37.9 Å². The predicted molar refractivity (Wildman–Crippen MR) is 191 cm³/mol. The van der Waals surface area contributed by atoms with Gasteiger partial charge in [0.25, 0.3) is 0 Å². The quantitative estimate of drug-likeness (QED) is 0.124. The molecule has 0 N–H and O–H groups in total. The first-order valence-electron chi connectivity index (χ1n) is 15.6. The largest absolute Gasteiger partial charge is 0.500 e. The van der Waals surface area contributed by atoms with Crippen molar-refractivity contribution in [3.05, 3.63) is 139 Å². The molecular weight excluding hydrogens is 757 g/mol. The summed E-state index contributed by atoms with van der Waals surface area (Å²) in [4.78, 5) is 9.11. The minimum absolute atomic E-state index is 0. The second kappa shape index (κ2) is 14.5. The van der Waals surface area contributed by atoms with E-state index in [2.05, 4.69) is 128 Å². The number of aromatic nitrogens is 2. The normalized spacial score (nSPS) is 11.3. The maximum atomic E-state index is 6.06. The Morgan fingerprint density at radius 3 is 2.17 bits per heavy atom. The summed E-state index contributed by atoms with van der Waals surface area (Å²) in [7, 11) is -1.23. The zero-order valence-corrected chi connectivity index (χ0v) is 30.4. The molecule has 5 heteroatoms. The van der Waals surface area contributed by atoms with E-state index in [0.29, 0.717) is 5.92 Å². The van der Waals surface area contributed by atoms with Crippen molar-refractivity contribution in [1.82, 2.24) is 9.97 Å². The molecule has 0 aliphatic heterocycles. The van der Waals surface area contributed by atoms with Crippen molar-refractivity contribution in [1.29, 1.82) is 0 Å². The summed E-state index contributed by atoms with van der Waals surface area (Å²) in [5, 5.41) is 3.62. The Labute approximate surface area is 287 Å². The summed E-state index contributed by atoms with van der Waals surface area (Å²) in [6, 6.07) is 44.0. The number of benzene rings is 4. The third kappa shape index (κ3) is 7.79. The van der Waals surface area contributed by atoms with E-state index in [1.165, 1.54) is 21.9 Å². The van der Waals surface area contributed by atoms with E-state index in [1.807, 2.05) is 48.8 Å². The molecule has 1 radical (unpaired) electrons. The van der Waals surface area contributed by atoms with Crippen LogP contribution in [0.3, 0.4) is 0 Å². The number of rotatable bonds is 6. The van der Waals surface area contributed by atoms with Crippen LogP contribution in [0.5, 0.6) is 0 Å². The predicted octanol–water partition coefficient (Wildman–Crippen LogP) is 10.4. The van der Waals surface area contributed by atoms with Gasteiger partial charge in [-0.2, -0.15) is 0 Å². The van der Waals surface area contributed by atoms with Crippen LogP contribution >= 0.6 is 0 Å². The fourth-order valence-electron chi connectivity index (χ4n) is 5.45. The molecule has 0 saturated carbocycles. The number of hydrogen-bond acceptors (Lipinski definition) is 3. The Balaban J connectivity index is 0.000000209. The molecule has 0 bridgehead atoms. The molecule has 7 rings (SSSR count). The van der Waals surface area contributed by atoms with Gasteiger partial charge in [0.2, 0.25) is 0 Å². The second-order valence-corrected chi connectivity index (χ2v) is 18.0. The molecule has 0 amide bonds. The van der Waals surface area contributed by atoms with E-state index in [0.717, 1.165) is 50.9 Å². The molecule has 3 heterocycles. The molecule has 4 aromatic carbocycles. The smallest absolute Gasteiger partial charge is 0.121 e. The van der Waals surface area contributed by atoms with Gasteiger partial charge in [-0.05, 0) is 58.2 Å². The van der Waals surface area contributed by atoms with Crippen LogP contribution in [0.15, 0.2) is 126 Å². The van der Waals surface area contributed by atoms with Crippen molar-refractivity contribution in [2.24, 2.45) is 5.92 Å². The van der Waals surface area contributed by atoms with E-state index >= 15 is 0 Å². The standard InChI is InChI=1S/C27H22NO.C14H16NSi.Ir/c1-18(2)14-19-12-13-28-25(15-19)22-9-11-27-24(17-22)23-16-21(8-10-26(23)29-27)20-6-4-3-5-7-20;1-16(2,3)13-9-10-14(15-11-13)12-7-5-4-6-8-12;/h3-8,10-13,15-18H,14H2,1-2H3;4-7,9-11H,1-3H3;/q2*-1;. The van der Waals surface area contributed by atoms with Crippen molar-refractivity contribution in [3.8, 4) is 33.6 Å². The molecule has 0 saturated heterocycles. The topological polar surface area (TPSA) is 38.9 Å². The number of fused-ring (bicyclic) bond motifs is 3. The summed E-state index contributed by atoms with van der Waals surface area (Å²) in [6.45, 7) is 11.5. The first kappa shape index (κ1) is 33.2. The van der Waals surface area contributed by atoms with Gasteiger partial charge in [-0.15, -0.1) is 59.7 Å². The van der Waals surface area contributed by atoms with Crippen LogP contribution in [0.2, 0.25) is 19.6 Å². The third-order valence-corrected chi connectivity index (χ3v) is 9.90. The van der Waals surface area contributed by atoms with Crippen LogP contribution < -0.4 is 5.19 Å². The van der Waals surface area contributed by atoms with Gasteiger partial charge in [0.15, 0.2) is 0 Å². The van der Waals surface area contributed by atoms with Crippen LogP contribution in [0, 0.1) is 18.1 Å². The molecule has 0 aliphatic rings. The number of pyridine rings is 2. The molecule has 7 aromatic rings. The molecular formula is C41H38IrN2OSi-2. The maximum absolute atomic E-state index is 6.06. The minimum atomic E-state index is -1.23. The van der Waals surface area contributed by atoms with E-state index in [9.17, 15) is 0 Å². The average molecular weight is 795 g/mol. The maximum Gasteiger partial charge on any atom is 0.121 e. The third-order valence-electron chi connectivity index (χ3n) is 7.87. The molecule has 0 unspecified atom stereocenters. The number of hydrogen-bond donors (Lipinski definition) is 0. The summed E-state index contributed by atoms with van der Waals surface area (Å²) in [5.41, 5.74) is 9.46. The van der Waals surface area contributed by atoms with Crippen molar-refractivity contribution < 1.29 is 24.5 Å². The molecule has 46 heavy (non-hydrogen) atoms. The molecule has 0 aliphatic carbocycles. The second-order valence-electron chi connectivity index (χ2n) is 12.9. The van der Waals surface area contributed by atoms with Gasteiger partial charge >= 0.3 is 0 Å². The SMILES string of the molecule is CC(C)Cc1ccnc(-c2[c-]cc3oc4ccc(-c5ccccc5)cc4c3c2)c1.C[Si](C)(C)c1ccc(-c2[c-]cccc2)nc1.[Ir]. The molecule has 0 atom stereocenters.